The number of nitrogens with one attached hydrogen (secondary N) is 1. The van der Waals surface area contributed by atoms with Gasteiger partial charge in [0.05, 0.1) is 6.10 Å². The largest absolute Gasteiger partial charge is 0.387 e. The molecule has 19 heavy (non-hydrogen) atoms. The van der Waals surface area contributed by atoms with Crippen molar-refractivity contribution in [3.8, 4) is 0 Å². The highest BCUT2D eigenvalue weighted by Crippen LogP contribution is 2.19. The van der Waals surface area contributed by atoms with Gasteiger partial charge in [0.15, 0.2) is 0 Å². The summed E-state index contributed by atoms with van der Waals surface area (Å²) < 4.78 is 1.07. The van der Waals surface area contributed by atoms with Crippen molar-refractivity contribution in [1.29, 1.82) is 0 Å². The second-order valence-corrected chi connectivity index (χ2v) is 5.53. The minimum Gasteiger partial charge on any atom is -0.387 e. The molecule has 2 aromatic carbocycles. The molecular formula is C16H18BrNO. The highest BCUT2D eigenvalue weighted by molar-refractivity contribution is 9.10. The summed E-state index contributed by atoms with van der Waals surface area (Å²) in [6, 6.07) is 18.1. The van der Waals surface area contributed by atoms with Gasteiger partial charge in [0, 0.05) is 17.1 Å². The van der Waals surface area contributed by atoms with Gasteiger partial charge >= 0.3 is 0 Å². The van der Waals surface area contributed by atoms with Gasteiger partial charge < -0.3 is 10.4 Å². The van der Waals surface area contributed by atoms with Crippen LogP contribution in [0.15, 0.2) is 59.1 Å². The Kier molecular flexibility index (Phi) is 5.14. The Hall–Kier alpha value is -1.16. The molecule has 0 bridgehead atoms. The Balaban J connectivity index is 1.92. The van der Waals surface area contributed by atoms with Gasteiger partial charge in [0.2, 0.25) is 0 Å². The molecule has 2 nitrogen and oxygen atoms in total. The number of hydrogen-bond acceptors (Lipinski definition) is 2. The molecule has 0 aromatic heterocycles. The second kappa shape index (κ2) is 6.85. The van der Waals surface area contributed by atoms with Crippen LogP contribution in [-0.2, 0) is 0 Å². The van der Waals surface area contributed by atoms with E-state index in [0.29, 0.717) is 6.54 Å². The van der Waals surface area contributed by atoms with E-state index in [2.05, 4.69) is 40.3 Å². The topological polar surface area (TPSA) is 32.3 Å². The van der Waals surface area contributed by atoms with Crippen molar-refractivity contribution in [1.82, 2.24) is 5.32 Å². The third-order valence-corrected chi connectivity index (χ3v) is 3.64. The molecule has 2 atom stereocenters. The molecule has 0 aliphatic rings. The third kappa shape index (κ3) is 4.16. The van der Waals surface area contributed by atoms with Crippen LogP contribution in [0.5, 0.6) is 0 Å². The first kappa shape index (κ1) is 14.3. The van der Waals surface area contributed by atoms with Gasteiger partial charge in [-0.3, -0.25) is 0 Å². The molecule has 0 radical (unpaired) electrons. The predicted molar refractivity (Wildman–Crippen MR) is 82.0 cm³/mol. The maximum Gasteiger partial charge on any atom is 0.0914 e. The zero-order chi connectivity index (χ0) is 13.7. The number of rotatable bonds is 5. The highest BCUT2D eigenvalue weighted by atomic mass is 79.9. The van der Waals surface area contributed by atoms with Crippen molar-refractivity contribution in [2.75, 3.05) is 6.54 Å². The van der Waals surface area contributed by atoms with Crippen molar-refractivity contribution < 1.29 is 5.11 Å². The van der Waals surface area contributed by atoms with E-state index >= 15 is 0 Å². The van der Waals surface area contributed by atoms with Gasteiger partial charge in [-0.15, -0.1) is 0 Å². The minimum absolute atomic E-state index is 0.205. The SMILES string of the molecule is C[C@@H](NCC(O)c1ccccc1)c1cccc(Br)c1. The Labute approximate surface area is 122 Å². The van der Waals surface area contributed by atoms with E-state index in [1.165, 1.54) is 5.56 Å². The Morgan fingerprint density at radius 3 is 2.42 bits per heavy atom. The first-order valence-corrected chi connectivity index (χ1v) is 7.18. The Morgan fingerprint density at radius 1 is 1.05 bits per heavy atom. The zero-order valence-electron chi connectivity index (χ0n) is 10.9. The summed E-state index contributed by atoms with van der Waals surface area (Å²) in [5.41, 5.74) is 2.14. The molecule has 0 heterocycles. The van der Waals surface area contributed by atoms with Gasteiger partial charge in [0.1, 0.15) is 0 Å². The van der Waals surface area contributed by atoms with Gasteiger partial charge in [-0.1, -0.05) is 58.4 Å². The molecule has 0 spiro atoms. The van der Waals surface area contributed by atoms with Crippen molar-refractivity contribution in [3.05, 3.63) is 70.2 Å². The fourth-order valence-electron chi connectivity index (χ4n) is 1.98. The molecule has 1 unspecified atom stereocenters. The average Bonchev–Trinajstić information content (AvgIpc) is 2.45. The lowest BCUT2D eigenvalue weighted by molar-refractivity contribution is 0.171. The molecule has 2 aromatic rings. The molecule has 0 aliphatic carbocycles. The van der Waals surface area contributed by atoms with E-state index in [1.54, 1.807) is 0 Å². The lowest BCUT2D eigenvalue weighted by Gasteiger charge is -2.18. The van der Waals surface area contributed by atoms with Crippen molar-refractivity contribution in [2.24, 2.45) is 0 Å². The van der Waals surface area contributed by atoms with Crippen LogP contribution >= 0.6 is 15.9 Å². The number of aliphatic hydroxyl groups is 1. The maximum atomic E-state index is 10.1. The zero-order valence-corrected chi connectivity index (χ0v) is 12.5. The first-order valence-electron chi connectivity index (χ1n) is 6.38. The lowest BCUT2D eigenvalue weighted by Crippen LogP contribution is -2.24. The number of aliphatic hydroxyl groups excluding tert-OH is 1. The van der Waals surface area contributed by atoms with E-state index in [-0.39, 0.29) is 6.04 Å². The van der Waals surface area contributed by atoms with Gasteiger partial charge in [0.25, 0.3) is 0 Å². The van der Waals surface area contributed by atoms with Crippen molar-refractivity contribution >= 4 is 15.9 Å². The third-order valence-electron chi connectivity index (χ3n) is 3.15. The summed E-state index contributed by atoms with van der Waals surface area (Å²) >= 11 is 3.47. The van der Waals surface area contributed by atoms with Crippen LogP contribution in [-0.4, -0.2) is 11.7 Å². The number of hydrogen-bond donors (Lipinski definition) is 2. The van der Waals surface area contributed by atoms with Crippen LogP contribution in [0.25, 0.3) is 0 Å². The molecule has 0 amide bonds. The molecule has 100 valence electrons. The first-order chi connectivity index (χ1) is 9.16. The number of benzene rings is 2. The fraction of sp³-hybridized carbons (Fsp3) is 0.250. The van der Waals surface area contributed by atoms with Crippen molar-refractivity contribution in [3.63, 3.8) is 0 Å². The molecule has 0 saturated carbocycles. The van der Waals surface area contributed by atoms with Crippen LogP contribution in [0.1, 0.15) is 30.2 Å². The van der Waals surface area contributed by atoms with Crippen LogP contribution < -0.4 is 5.32 Å². The maximum absolute atomic E-state index is 10.1. The normalized spacial score (nSPS) is 14.1. The number of halogens is 1. The molecule has 0 fully saturated rings. The van der Waals surface area contributed by atoms with Crippen LogP contribution in [0, 0.1) is 0 Å². The van der Waals surface area contributed by atoms with Crippen LogP contribution in [0.4, 0.5) is 0 Å². The minimum atomic E-state index is -0.476. The van der Waals surface area contributed by atoms with Crippen LogP contribution in [0.3, 0.4) is 0 Å². The average molecular weight is 320 g/mol. The summed E-state index contributed by atoms with van der Waals surface area (Å²) in [4.78, 5) is 0. The van der Waals surface area contributed by atoms with E-state index in [4.69, 9.17) is 0 Å². The second-order valence-electron chi connectivity index (χ2n) is 4.61. The molecular weight excluding hydrogens is 302 g/mol. The smallest absolute Gasteiger partial charge is 0.0914 e. The van der Waals surface area contributed by atoms with Crippen molar-refractivity contribution in [2.45, 2.75) is 19.1 Å². The molecule has 2 N–H and O–H groups in total. The Bertz CT molecular complexity index is 515. The van der Waals surface area contributed by atoms with Crippen LogP contribution in [0.2, 0.25) is 0 Å². The van der Waals surface area contributed by atoms with Gasteiger partial charge in [-0.05, 0) is 30.2 Å². The fourth-order valence-corrected chi connectivity index (χ4v) is 2.39. The summed E-state index contributed by atoms with van der Waals surface area (Å²) in [7, 11) is 0. The molecule has 0 aliphatic heterocycles. The molecule has 2 rings (SSSR count). The molecule has 3 heteroatoms. The van der Waals surface area contributed by atoms with E-state index in [0.717, 1.165) is 10.0 Å². The summed E-state index contributed by atoms with van der Waals surface area (Å²) in [6.45, 7) is 2.64. The van der Waals surface area contributed by atoms with E-state index < -0.39 is 6.10 Å². The standard InChI is InChI=1S/C16H18BrNO/c1-12(14-8-5-9-15(17)10-14)18-11-16(19)13-6-3-2-4-7-13/h2-10,12,16,18-19H,11H2,1H3/t12-,16?/m1/s1. The van der Waals surface area contributed by atoms with E-state index in [1.807, 2.05) is 42.5 Å². The summed E-state index contributed by atoms with van der Waals surface area (Å²) in [5, 5.41) is 13.5. The predicted octanol–water partition coefficient (Wildman–Crippen LogP) is 3.83. The monoisotopic (exact) mass is 319 g/mol. The van der Waals surface area contributed by atoms with E-state index in [9.17, 15) is 5.11 Å². The summed E-state index contributed by atoms with van der Waals surface area (Å²) in [5.74, 6) is 0. The quantitative estimate of drug-likeness (QED) is 0.877. The lowest BCUT2D eigenvalue weighted by atomic mass is 10.1. The molecule has 0 saturated heterocycles. The summed E-state index contributed by atoms with van der Waals surface area (Å²) in [6.07, 6.45) is -0.476. The van der Waals surface area contributed by atoms with Gasteiger partial charge in [-0.25, -0.2) is 0 Å². The highest BCUT2D eigenvalue weighted by Gasteiger charge is 2.10. The van der Waals surface area contributed by atoms with Gasteiger partial charge in [-0.2, -0.15) is 0 Å². The Morgan fingerprint density at radius 2 is 1.74 bits per heavy atom.